The fourth-order valence-electron chi connectivity index (χ4n) is 2.06. The van der Waals surface area contributed by atoms with Crippen molar-refractivity contribution in [3.63, 3.8) is 0 Å². The number of hydrogen-bond donors (Lipinski definition) is 3. The molecule has 2 aromatic carbocycles. The Labute approximate surface area is 143 Å². The molecule has 0 fully saturated rings. The van der Waals surface area contributed by atoms with Gasteiger partial charge in [0.15, 0.2) is 11.5 Å². The Morgan fingerprint density at radius 1 is 1.00 bits per heavy atom. The highest BCUT2D eigenvalue weighted by molar-refractivity contribution is 5.87. The van der Waals surface area contributed by atoms with Crippen molar-refractivity contribution < 1.29 is 29.2 Å². The first-order valence-electron chi connectivity index (χ1n) is 7.03. The van der Waals surface area contributed by atoms with E-state index in [0.717, 1.165) is 0 Å². The average molecular weight is 347 g/mol. The summed E-state index contributed by atoms with van der Waals surface area (Å²) < 4.78 is 15.7. The molecule has 0 bridgehead atoms. The third kappa shape index (κ3) is 4.28. The smallest absolute Gasteiger partial charge is 0.409 e. The minimum atomic E-state index is -1.28. The Morgan fingerprint density at radius 2 is 1.64 bits per heavy atom. The lowest BCUT2D eigenvalue weighted by Gasteiger charge is -2.12. The van der Waals surface area contributed by atoms with Crippen LogP contribution >= 0.6 is 0 Å². The number of amides is 1. The van der Waals surface area contributed by atoms with Gasteiger partial charge in [0.1, 0.15) is 11.4 Å². The number of hydrogen-bond acceptors (Lipinski definition) is 7. The molecule has 0 unspecified atom stereocenters. The first-order valence-corrected chi connectivity index (χ1v) is 7.03. The molecule has 2 rings (SSSR count). The lowest BCUT2D eigenvalue weighted by atomic mass is 10.2. The number of azo groups is 1. The van der Waals surface area contributed by atoms with Gasteiger partial charge >= 0.3 is 6.09 Å². The molecule has 0 saturated heterocycles. The molecule has 2 aromatic rings. The van der Waals surface area contributed by atoms with E-state index in [-0.39, 0.29) is 17.1 Å². The Bertz CT molecular complexity index is 781. The van der Waals surface area contributed by atoms with Crippen LogP contribution in [-0.4, -0.2) is 37.6 Å². The standard InChI is InChI=1S/C16H17N3O6/c1-23-13-6-9(7-14(24-2)15(13)25-3)18-19-11-5-4-10(20)8-12(11)17-16(21)22/h4-8,17,20H,1-3H3,(H,21,22). The lowest BCUT2D eigenvalue weighted by Crippen LogP contribution is -2.07. The largest absolute Gasteiger partial charge is 0.508 e. The van der Waals surface area contributed by atoms with Crippen molar-refractivity contribution in [1.82, 2.24) is 0 Å². The van der Waals surface area contributed by atoms with Crippen LogP contribution < -0.4 is 19.5 Å². The number of nitrogens with one attached hydrogen (secondary N) is 1. The molecular formula is C16H17N3O6. The number of anilines is 1. The minimum absolute atomic E-state index is 0.101. The molecule has 0 saturated carbocycles. The van der Waals surface area contributed by atoms with Crippen molar-refractivity contribution in [2.75, 3.05) is 26.6 Å². The summed E-state index contributed by atoms with van der Waals surface area (Å²) in [5, 5.41) is 28.5. The quantitative estimate of drug-likeness (QED) is 0.681. The van der Waals surface area contributed by atoms with Crippen molar-refractivity contribution in [1.29, 1.82) is 0 Å². The van der Waals surface area contributed by atoms with E-state index in [9.17, 15) is 9.90 Å². The van der Waals surface area contributed by atoms with Gasteiger partial charge in [0.05, 0.1) is 32.7 Å². The lowest BCUT2D eigenvalue weighted by molar-refractivity contribution is 0.210. The highest BCUT2D eigenvalue weighted by atomic mass is 16.5. The summed E-state index contributed by atoms with van der Waals surface area (Å²) in [7, 11) is 4.45. The highest BCUT2D eigenvalue weighted by Crippen LogP contribution is 2.41. The number of ether oxygens (including phenoxy) is 3. The highest BCUT2D eigenvalue weighted by Gasteiger charge is 2.13. The molecule has 1 amide bonds. The Hall–Kier alpha value is -3.49. The molecule has 0 aliphatic heterocycles. The number of carboxylic acid groups (broad SMARTS) is 1. The summed E-state index contributed by atoms with van der Waals surface area (Å²) in [6.07, 6.45) is -1.28. The Balaban J connectivity index is 2.41. The molecule has 0 aromatic heterocycles. The molecule has 132 valence electrons. The van der Waals surface area contributed by atoms with Crippen LogP contribution in [0.3, 0.4) is 0 Å². The van der Waals surface area contributed by atoms with Crippen LogP contribution in [0.15, 0.2) is 40.6 Å². The van der Waals surface area contributed by atoms with Crippen molar-refractivity contribution in [2.24, 2.45) is 10.2 Å². The first kappa shape index (κ1) is 17.9. The molecule has 9 nitrogen and oxygen atoms in total. The van der Waals surface area contributed by atoms with E-state index < -0.39 is 6.09 Å². The van der Waals surface area contributed by atoms with Crippen molar-refractivity contribution in [3.8, 4) is 23.0 Å². The Kier molecular flexibility index (Phi) is 5.62. The number of carbonyl (C=O) groups is 1. The zero-order chi connectivity index (χ0) is 18.4. The van der Waals surface area contributed by atoms with E-state index in [1.165, 1.54) is 39.5 Å². The van der Waals surface area contributed by atoms with Crippen LogP contribution in [0.5, 0.6) is 23.0 Å². The number of benzene rings is 2. The van der Waals surface area contributed by atoms with Gasteiger partial charge in [-0.15, -0.1) is 5.11 Å². The number of methoxy groups -OCH3 is 3. The van der Waals surface area contributed by atoms with Gasteiger partial charge in [0.2, 0.25) is 5.75 Å². The van der Waals surface area contributed by atoms with Crippen molar-refractivity contribution in [2.45, 2.75) is 0 Å². The van der Waals surface area contributed by atoms with E-state index in [4.69, 9.17) is 19.3 Å². The van der Waals surface area contributed by atoms with Gasteiger partial charge in [-0.1, -0.05) is 0 Å². The summed E-state index contributed by atoms with van der Waals surface area (Å²) in [5.41, 5.74) is 0.737. The second-order valence-electron chi connectivity index (χ2n) is 4.72. The monoisotopic (exact) mass is 347 g/mol. The van der Waals surface area contributed by atoms with Gasteiger partial charge in [-0.05, 0) is 12.1 Å². The zero-order valence-electron chi connectivity index (χ0n) is 13.8. The summed E-state index contributed by atoms with van der Waals surface area (Å²) in [5.74, 6) is 1.13. The van der Waals surface area contributed by atoms with Crippen molar-refractivity contribution >= 4 is 23.2 Å². The average Bonchev–Trinajstić information content (AvgIpc) is 2.59. The third-order valence-electron chi connectivity index (χ3n) is 3.14. The number of phenolic OH excluding ortho intramolecular Hbond substituents is 1. The van der Waals surface area contributed by atoms with Crippen molar-refractivity contribution in [3.05, 3.63) is 30.3 Å². The van der Waals surface area contributed by atoms with Crippen LogP contribution in [0.4, 0.5) is 21.9 Å². The second-order valence-corrected chi connectivity index (χ2v) is 4.72. The van der Waals surface area contributed by atoms with Crippen LogP contribution in [0, 0.1) is 0 Å². The zero-order valence-corrected chi connectivity index (χ0v) is 13.8. The van der Waals surface area contributed by atoms with Gasteiger partial charge in [0, 0.05) is 18.2 Å². The molecule has 9 heteroatoms. The van der Waals surface area contributed by atoms with Crippen LogP contribution in [0.25, 0.3) is 0 Å². The molecular weight excluding hydrogens is 330 g/mol. The van der Waals surface area contributed by atoms with Crippen LogP contribution in [-0.2, 0) is 0 Å². The molecule has 0 aliphatic carbocycles. The minimum Gasteiger partial charge on any atom is -0.508 e. The normalized spacial score (nSPS) is 10.5. The number of rotatable bonds is 6. The van der Waals surface area contributed by atoms with E-state index in [0.29, 0.717) is 22.9 Å². The molecule has 0 aliphatic rings. The second kappa shape index (κ2) is 7.86. The fraction of sp³-hybridized carbons (Fsp3) is 0.188. The summed E-state index contributed by atoms with van der Waals surface area (Å²) in [6.45, 7) is 0. The molecule has 0 heterocycles. The maximum Gasteiger partial charge on any atom is 0.409 e. The number of nitrogens with zero attached hydrogens (tertiary/aromatic N) is 2. The van der Waals surface area contributed by atoms with Crippen LogP contribution in [0.1, 0.15) is 0 Å². The van der Waals surface area contributed by atoms with Gasteiger partial charge < -0.3 is 24.4 Å². The first-order chi connectivity index (χ1) is 12.0. The molecule has 0 radical (unpaired) electrons. The molecule has 0 spiro atoms. The van der Waals surface area contributed by atoms with E-state index in [1.807, 2.05) is 0 Å². The van der Waals surface area contributed by atoms with Gasteiger partial charge in [-0.2, -0.15) is 5.11 Å². The SMILES string of the molecule is COc1cc(N=Nc2ccc(O)cc2NC(=O)O)cc(OC)c1OC. The number of phenols is 1. The molecule has 0 atom stereocenters. The summed E-state index contributed by atoms with van der Waals surface area (Å²) >= 11 is 0. The van der Waals surface area contributed by atoms with Gasteiger partial charge in [-0.3, -0.25) is 5.32 Å². The number of aromatic hydroxyl groups is 1. The predicted molar refractivity (Wildman–Crippen MR) is 90.0 cm³/mol. The summed E-state index contributed by atoms with van der Waals surface area (Å²) in [6, 6.07) is 7.22. The van der Waals surface area contributed by atoms with E-state index in [1.54, 1.807) is 12.1 Å². The maximum atomic E-state index is 10.8. The summed E-state index contributed by atoms with van der Waals surface area (Å²) in [4.78, 5) is 10.8. The van der Waals surface area contributed by atoms with E-state index >= 15 is 0 Å². The molecule has 3 N–H and O–H groups in total. The third-order valence-corrected chi connectivity index (χ3v) is 3.14. The Morgan fingerprint density at radius 3 is 2.16 bits per heavy atom. The van der Waals surface area contributed by atoms with Gasteiger partial charge in [-0.25, -0.2) is 4.79 Å². The topological polar surface area (TPSA) is 122 Å². The molecule has 25 heavy (non-hydrogen) atoms. The maximum absolute atomic E-state index is 10.8. The van der Waals surface area contributed by atoms with Crippen LogP contribution in [0.2, 0.25) is 0 Å². The van der Waals surface area contributed by atoms with Gasteiger partial charge in [0.25, 0.3) is 0 Å². The fourth-order valence-corrected chi connectivity index (χ4v) is 2.06. The predicted octanol–water partition coefficient (Wildman–Crippen LogP) is 3.92. The van der Waals surface area contributed by atoms with E-state index in [2.05, 4.69) is 15.5 Å².